The van der Waals surface area contributed by atoms with Gasteiger partial charge in [-0.3, -0.25) is 4.79 Å². The third-order valence-electron chi connectivity index (χ3n) is 4.81. The predicted molar refractivity (Wildman–Crippen MR) is 98.0 cm³/mol. The van der Waals surface area contributed by atoms with Crippen LogP contribution in [0, 0.1) is 0 Å². The van der Waals surface area contributed by atoms with Crippen LogP contribution in [0.3, 0.4) is 0 Å². The maximum atomic E-state index is 12.6. The SMILES string of the molecule is O=C(Cc1ccc2c(c1)OCCO2)N1CCN(c2ccc(O)cc2)CC1. The summed E-state index contributed by atoms with van der Waals surface area (Å²) >= 11 is 0. The van der Waals surface area contributed by atoms with E-state index < -0.39 is 0 Å². The molecule has 1 N–H and O–H groups in total. The Morgan fingerprint density at radius 3 is 2.35 bits per heavy atom. The fraction of sp³-hybridized carbons (Fsp3) is 0.350. The molecule has 0 saturated carbocycles. The summed E-state index contributed by atoms with van der Waals surface area (Å²) in [6, 6.07) is 12.9. The van der Waals surface area contributed by atoms with Crippen LogP contribution in [0.1, 0.15) is 5.56 Å². The number of hydrogen-bond donors (Lipinski definition) is 1. The lowest BCUT2D eigenvalue weighted by molar-refractivity contribution is -0.130. The van der Waals surface area contributed by atoms with Crippen LogP contribution in [0.15, 0.2) is 42.5 Å². The van der Waals surface area contributed by atoms with Gasteiger partial charge in [-0.05, 0) is 42.0 Å². The van der Waals surface area contributed by atoms with Gasteiger partial charge in [0, 0.05) is 31.9 Å². The number of phenols is 1. The van der Waals surface area contributed by atoms with Crippen LogP contribution in [0.5, 0.6) is 17.2 Å². The van der Waals surface area contributed by atoms with Crippen LogP contribution >= 0.6 is 0 Å². The summed E-state index contributed by atoms with van der Waals surface area (Å²) < 4.78 is 11.1. The van der Waals surface area contributed by atoms with Gasteiger partial charge in [-0.1, -0.05) is 6.07 Å². The average Bonchev–Trinajstić information content (AvgIpc) is 2.68. The number of hydrogen-bond acceptors (Lipinski definition) is 5. The molecule has 0 atom stereocenters. The van der Waals surface area contributed by atoms with Crippen molar-refractivity contribution in [2.24, 2.45) is 0 Å². The van der Waals surface area contributed by atoms with Gasteiger partial charge in [0.2, 0.25) is 5.91 Å². The van der Waals surface area contributed by atoms with Gasteiger partial charge in [0.25, 0.3) is 0 Å². The molecule has 6 nitrogen and oxygen atoms in total. The van der Waals surface area contributed by atoms with Crippen LogP contribution in [-0.4, -0.2) is 55.3 Å². The number of aromatic hydroxyl groups is 1. The van der Waals surface area contributed by atoms with E-state index in [2.05, 4.69) is 4.90 Å². The van der Waals surface area contributed by atoms with Gasteiger partial charge in [-0.15, -0.1) is 0 Å². The molecule has 0 spiro atoms. The van der Waals surface area contributed by atoms with Crippen molar-refractivity contribution >= 4 is 11.6 Å². The minimum Gasteiger partial charge on any atom is -0.508 e. The minimum absolute atomic E-state index is 0.132. The monoisotopic (exact) mass is 354 g/mol. The van der Waals surface area contributed by atoms with Crippen molar-refractivity contribution in [3.8, 4) is 17.2 Å². The summed E-state index contributed by atoms with van der Waals surface area (Å²) in [5.74, 6) is 1.86. The normalized spacial score (nSPS) is 16.5. The summed E-state index contributed by atoms with van der Waals surface area (Å²) in [6.45, 7) is 4.09. The predicted octanol–water partition coefficient (Wildman–Crippen LogP) is 2.05. The molecule has 2 aliphatic rings. The Morgan fingerprint density at radius 1 is 0.923 bits per heavy atom. The Hall–Kier alpha value is -2.89. The molecule has 136 valence electrons. The van der Waals surface area contributed by atoms with Crippen molar-refractivity contribution in [2.75, 3.05) is 44.3 Å². The van der Waals surface area contributed by atoms with Gasteiger partial charge in [0.15, 0.2) is 11.5 Å². The number of fused-ring (bicyclic) bond motifs is 1. The van der Waals surface area contributed by atoms with E-state index in [9.17, 15) is 9.90 Å². The first-order valence-electron chi connectivity index (χ1n) is 8.89. The molecule has 0 unspecified atom stereocenters. The smallest absolute Gasteiger partial charge is 0.227 e. The maximum Gasteiger partial charge on any atom is 0.227 e. The Kier molecular flexibility index (Phi) is 4.56. The summed E-state index contributed by atoms with van der Waals surface area (Å²) in [6.07, 6.45) is 0.371. The molecule has 1 fully saturated rings. The quantitative estimate of drug-likeness (QED) is 0.914. The Bertz CT molecular complexity index is 783. The first-order valence-corrected chi connectivity index (χ1v) is 8.89. The topological polar surface area (TPSA) is 62.2 Å². The maximum absolute atomic E-state index is 12.6. The number of anilines is 1. The fourth-order valence-electron chi connectivity index (χ4n) is 3.36. The molecule has 26 heavy (non-hydrogen) atoms. The fourth-order valence-corrected chi connectivity index (χ4v) is 3.36. The third kappa shape index (κ3) is 3.54. The van der Waals surface area contributed by atoms with Gasteiger partial charge in [-0.25, -0.2) is 0 Å². The summed E-state index contributed by atoms with van der Waals surface area (Å²) in [4.78, 5) is 16.8. The lowest BCUT2D eigenvalue weighted by Crippen LogP contribution is -2.49. The molecule has 4 rings (SSSR count). The number of piperazine rings is 1. The third-order valence-corrected chi connectivity index (χ3v) is 4.81. The van der Waals surface area contributed by atoms with Crippen LogP contribution in [0.25, 0.3) is 0 Å². The molecule has 2 aromatic rings. The molecular weight excluding hydrogens is 332 g/mol. The Morgan fingerprint density at radius 2 is 1.62 bits per heavy atom. The van der Waals surface area contributed by atoms with Crippen LogP contribution in [-0.2, 0) is 11.2 Å². The number of amides is 1. The van der Waals surface area contributed by atoms with Gasteiger partial charge in [0.05, 0.1) is 6.42 Å². The molecule has 1 saturated heterocycles. The molecule has 1 amide bonds. The van der Waals surface area contributed by atoms with Crippen molar-refractivity contribution in [3.05, 3.63) is 48.0 Å². The van der Waals surface area contributed by atoms with Crippen molar-refractivity contribution in [3.63, 3.8) is 0 Å². The lowest BCUT2D eigenvalue weighted by Gasteiger charge is -2.36. The van der Waals surface area contributed by atoms with E-state index in [0.717, 1.165) is 35.8 Å². The van der Waals surface area contributed by atoms with Crippen LogP contribution in [0.4, 0.5) is 5.69 Å². The molecule has 6 heteroatoms. The minimum atomic E-state index is 0.132. The highest BCUT2D eigenvalue weighted by molar-refractivity contribution is 5.79. The second-order valence-electron chi connectivity index (χ2n) is 6.54. The zero-order chi connectivity index (χ0) is 17.9. The lowest BCUT2D eigenvalue weighted by atomic mass is 10.1. The van der Waals surface area contributed by atoms with E-state index in [-0.39, 0.29) is 11.7 Å². The molecular formula is C20H22N2O4. The van der Waals surface area contributed by atoms with E-state index in [0.29, 0.717) is 32.7 Å². The van der Waals surface area contributed by atoms with Gasteiger partial charge in [-0.2, -0.15) is 0 Å². The summed E-state index contributed by atoms with van der Waals surface area (Å²) in [7, 11) is 0. The van der Waals surface area contributed by atoms with E-state index >= 15 is 0 Å². The first-order chi connectivity index (χ1) is 12.7. The van der Waals surface area contributed by atoms with Gasteiger partial charge >= 0.3 is 0 Å². The highest BCUT2D eigenvalue weighted by Gasteiger charge is 2.22. The Labute approximate surface area is 152 Å². The second kappa shape index (κ2) is 7.15. The highest BCUT2D eigenvalue weighted by Crippen LogP contribution is 2.31. The molecule has 2 aliphatic heterocycles. The number of carbonyl (C=O) groups excluding carboxylic acids is 1. The van der Waals surface area contributed by atoms with E-state index in [1.54, 1.807) is 12.1 Å². The number of rotatable bonds is 3. The van der Waals surface area contributed by atoms with Crippen molar-refractivity contribution < 1.29 is 19.4 Å². The zero-order valence-corrected chi connectivity index (χ0v) is 14.6. The number of carbonyl (C=O) groups is 1. The summed E-state index contributed by atoms with van der Waals surface area (Å²) in [5.41, 5.74) is 2.02. The van der Waals surface area contributed by atoms with E-state index in [1.165, 1.54) is 0 Å². The standard InChI is InChI=1S/C20H22N2O4/c23-17-4-2-16(3-5-17)21-7-9-22(10-8-21)20(24)14-15-1-6-18-19(13-15)26-12-11-25-18/h1-6,13,23H,7-12,14H2. The number of nitrogens with zero attached hydrogens (tertiary/aromatic N) is 2. The number of phenolic OH excluding ortho intramolecular Hbond substituents is 1. The van der Waals surface area contributed by atoms with Gasteiger partial charge in [0.1, 0.15) is 19.0 Å². The largest absolute Gasteiger partial charge is 0.508 e. The van der Waals surface area contributed by atoms with E-state index in [4.69, 9.17) is 9.47 Å². The zero-order valence-electron chi connectivity index (χ0n) is 14.6. The van der Waals surface area contributed by atoms with Gasteiger partial charge < -0.3 is 24.4 Å². The van der Waals surface area contributed by atoms with Crippen molar-refractivity contribution in [1.29, 1.82) is 0 Å². The average molecular weight is 354 g/mol. The molecule has 2 aromatic carbocycles. The first kappa shape index (κ1) is 16.6. The molecule has 0 radical (unpaired) electrons. The molecule has 0 aromatic heterocycles. The summed E-state index contributed by atoms with van der Waals surface area (Å²) in [5, 5.41) is 9.40. The number of ether oxygens (including phenoxy) is 2. The molecule has 0 bridgehead atoms. The second-order valence-corrected chi connectivity index (χ2v) is 6.54. The molecule has 2 heterocycles. The van der Waals surface area contributed by atoms with Crippen LogP contribution < -0.4 is 14.4 Å². The Balaban J connectivity index is 1.34. The number of benzene rings is 2. The van der Waals surface area contributed by atoms with E-state index in [1.807, 2.05) is 35.2 Å². The van der Waals surface area contributed by atoms with Crippen molar-refractivity contribution in [1.82, 2.24) is 4.90 Å². The highest BCUT2D eigenvalue weighted by atomic mass is 16.6. The molecule has 0 aliphatic carbocycles. The van der Waals surface area contributed by atoms with Crippen LogP contribution in [0.2, 0.25) is 0 Å². The van der Waals surface area contributed by atoms with Crippen molar-refractivity contribution in [2.45, 2.75) is 6.42 Å².